The molecule has 3 aliphatic heterocycles. The quantitative estimate of drug-likeness (QED) is 0.0199. The van der Waals surface area contributed by atoms with Gasteiger partial charge < -0.3 is 89.9 Å². The van der Waals surface area contributed by atoms with Crippen molar-refractivity contribution in [2.75, 3.05) is 26.4 Å². The van der Waals surface area contributed by atoms with Crippen molar-refractivity contribution in [3.63, 3.8) is 0 Å². The maximum Gasteiger partial charge on any atom is 0.220 e. The van der Waals surface area contributed by atoms with Gasteiger partial charge in [0.05, 0.1) is 38.6 Å². The highest BCUT2D eigenvalue weighted by atomic mass is 16.8. The SMILES string of the molecule is CC/C=C\C/C=C\C/C=C\C/C=C\C/C=C\C/C=C\CCCCCCCCCCCCCCCCCCCCC(=O)NC(COC1OC(CO)C(OC2OC(CO)C(OC3OC(CO)C(O)C(O)C3O)C(O)C2O)C(O)C1O)C(O)CCCCCCCCCCCCCCCCCCCCCCCCC. The highest BCUT2D eigenvalue weighted by Gasteiger charge is 2.54. The molecule has 17 atom stereocenters. The Morgan fingerprint density at radius 1 is 0.352 bits per heavy atom. The van der Waals surface area contributed by atoms with Gasteiger partial charge >= 0.3 is 0 Å². The van der Waals surface area contributed by atoms with E-state index in [1.165, 1.54) is 218 Å². The first-order chi connectivity index (χ1) is 51.3. The van der Waals surface area contributed by atoms with E-state index < -0.39 is 124 Å². The maximum absolute atomic E-state index is 13.5. The van der Waals surface area contributed by atoms with Gasteiger partial charge in [-0.25, -0.2) is 0 Å². The van der Waals surface area contributed by atoms with Gasteiger partial charge in [-0.2, -0.15) is 0 Å². The molecule has 3 fully saturated rings. The standard InChI is InChI=1S/C86H155NO18/c1-3-5-7-9-11-13-15-17-19-21-23-25-27-28-29-30-31-32-33-34-35-36-37-38-39-40-42-44-46-48-50-52-54-56-58-60-62-64-74(92)87-69(70(91)63-61-59-57-55-53-51-49-47-45-43-41-26-24-22-20-18-16-14-12-10-8-6-4-2)68-100-84-80(98)77(95)82(72(66-89)102-84)105-86-81(99)78(96)83(73(67-90)103-86)104-85-79(97)76(94)75(93)71(65-88)101-85/h5,7,11,13,17,19,23,25,28-29,31-32,69-73,75-86,88-91,93-99H,3-4,6,8-10,12,14-16,18,20-22,24,26-27,30,33-68H2,1-2H3,(H,87,92)/b7-5-,13-11-,19-17-,25-23-,29-28-,32-31-. The van der Waals surface area contributed by atoms with Crippen LogP contribution in [0.25, 0.3) is 0 Å². The smallest absolute Gasteiger partial charge is 0.220 e. The van der Waals surface area contributed by atoms with Crippen LogP contribution in [0.5, 0.6) is 0 Å². The Kier molecular flexibility index (Phi) is 60.5. The minimum atomic E-state index is -1.97. The molecule has 17 unspecified atom stereocenters. The van der Waals surface area contributed by atoms with Crippen molar-refractivity contribution in [1.29, 1.82) is 0 Å². The normalized spacial score (nSPS) is 26.1. The second kappa shape index (κ2) is 65.9. The van der Waals surface area contributed by atoms with E-state index in [0.717, 1.165) is 83.5 Å². The number of hydrogen-bond donors (Lipinski definition) is 12. The molecule has 0 radical (unpaired) electrons. The summed E-state index contributed by atoms with van der Waals surface area (Å²) in [6.45, 7) is 1.73. The lowest BCUT2D eigenvalue weighted by Gasteiger charge is -2.48. The Hall–Kier alpha value is -2.77. The Morgan fingerprint density at radius 3 is 1.03 bits per heavy atom. The van der Waals surface area contributed by atoms with Gasteiger partial charge in [-0.15, -0.1) is 0 Å². The van der Waals surface area contributed by atoms with E-state index in [4.69, 9.17) is 28.4 Å². The van der Waals surface area contributed by atoms with Gasteiger partial charge in [-0.1, -0.05) is 337 Å². The molecule has 3 aliphatic rings. The fourth-order valence-electron chi connectivity index (χ4n) is 14.3. The second-order valence-electron chi connectivity index (χ2n) is 30.3. The van der Waals surface area contributed by atoms with Crippen molar-refractivity contribution < 1.29 is 89.4 Å². The fraction of sp³-hybridized carbons (Fsp3) is 0.849. The lowest BCUT2D eigenvalue weighted by molar-refractivity contribution is -0.379. The summed E-state index contributed by atoms with van der Waals surface area (Å²) in [7, 11) is 0. The second-order valence-corrected chi connectivity index (χ2v) is 30.3. The highest BCUT2D eigenvalue weighted by Crippen LogP contribution is 2.33. The van der Waals surface area contributed by atoms with Gasteiger partial charge in [0.25, 0.3) is 0 Å². The van der Waals surface area contributed by atoms with Crippen molar-refractivity contribution >= 4 is 5.91 Å². The summed E-state index contributed by atoms with van der Waals surface area (Å²) in [5.41, 5.74) is 0. The number of hydrogen-bond acceptors (Lipinski definition) is 18. The lowest BCUT2D eigenvalue weighted by Crippen LogP contribution is -2.66. The van der Waals surface area contributed by atoms with Crippen LogP contribution in [0.1, 0.15) is 335 Å². The van der Waals surface area contributed by atoms with Crippen LogP contribution >= 0.6 is 0 Å². The first-order valence-corrected chi connectivity index (χ1v) is 42.7. The van der Waals surface area contributed by atoms with E-state index in [-0.39, 0.29) is 18.9 Å². The predicted molar refractivity (Wildman–Crippen MR) is 420 cm³/mol. The van der Waals surface area contributed by atoms with Gasteiger partial charge in [-0.05, 0) is 64.2 Å². The van der Waals surface area contributed by atoms with Gasteiger partial charge in [-0.3, -0.25) is 4.79 Å². The summed E-state index contributed by atoms with van der Waals surface area (Å²) in [5, 5.41) is 121. The van der Waals surface area contributed by atoms with E-state index in [0.29, 0.717) is 12.8 Å². The molecule has 12 N–H and O–H groups in total. The summed E-state index contributed by atoms with van der Waals surface area (Å²) in [6, 6.07) is -0.890. The third-order valence-electron chi connectivity index (χ3n) is 21.0. The number of ether oxygens (including phenoxy) is 6. The molecule has 0 saturated carbocycles. The molecule has 0 spiro atoms. The van der Waals surface area contributed by atoms with Crippen LogP contribution in [0, 0.1) is 0 Å². The largest absolute Gasteiger partial charge is 0.394 e. The molecule has 0 bridgehead atoms. The maximum atomic E-state index is 13.5. The Morgan fingerprint density at radius 2 is 0.657 bits per heavy atom. The number of unbranched alkanes of at least 4 members (excludes halogenated alkanes) is 40. The molecule has 105 heavy (non-hydrogen) atoms. The number of allylic oxidation sites excluding steroid dienone is 12. The zero-order valence-electron chi connectivity index (χ0n) is 65.7. The van der Waals surface area contributed by atoms with Gasteiger partial charge in [0.1, 0.15) is 73.2 Å². The van der Waals surface area contributed by atoms with Crippen LogP contribution in [0.4, 0.5) is 0 Å². The van der Waals surface area contributed by atoms with Crippen LogP contribution in [0.3, 0.4) is 0 Å². The number of rotatable bonds is 68. The van der Waals surface area contributed by atoms with Crippen molar-refractivity contribution in [3.8, 4) is 0 Å². The zero-order valence-corrected chi connectivity index (χ0v) is 65.7. The molecule has 612 valence electrons. The predicted octanol–water partition coefficient (Wildman–Crippen LogP) is 15.2. The Balaban J connectivity index is 1.32. The Bertz CT molecular complexity index is 2180. The molecule has 0 aliphatic carbocycles. The number of aliphatic hydroxyl groups excluding tert-OH is 11. The topological polar surface area (TPSA) is 307 Å². The highest BCUT2D eigenvalue weighted by molar-refractivity contribution is 5.76. The first kappa shape index (κ1) is 96.4. The third kappa shape index (κ3) is 45.4. The molecule has 3 heterocycles. The zero-order chi connectivity index (χ0) is 76.0. The summed E-state index contributed by atoms with van der Waals surface area (Å²) in [5.74, 6) is -0.238. The summed E-state index contributed by atoms with van der Waals surface area (Å²) in [6.07, 6.45) is 59.9. The third-order valence-corrected chi connectivity index (χ3v) is 21.0. The summed E-state index contributed by atoms with van der Waals surface area (Å²) < 4.78 is 34.6. The van der Waals surface area contributed by atoms with Gasteiger partial charge in [0, 0.05) is 6.42 Å². The number of amides is 1. The molecule has 3 rings (SSSR count). The van der Waals surface area contributed by atoms with E-state index in [1.54, 1.807) is 0 Å². The van der Waals surface area contributed by atoms with Crippen molar-refractivity contribution in [1.82, 2.24) is 5.32 Å². The molecule has 0 aromatic carbocycles. The summed E-state index contributed by atoms with van der Waals surface area (Å²) >= 11 is 0. The minimum Gasteiger partial charge on any atom is -0.394 e. The number of carbonyl (C=O) groups excluding carboxylic acids is 1. The molecular formula is C86H155NO18. The minimum absolute atomic E-state index is 0.238. The molecule has 19 heteroatoms. The van der Waals surface area contributed by atoms with Crippen LogP contribution < -0.4 is 5.32 Å². The molecule has 0 aromatic rings. The lowest BCUT2D eigenvalue weighted by atomic mass is 9.96. The van der Waals surface area contributed by atoms with E-state index >= 15 is 0 Å². The van der Waals surface area contributed by atoms with Gasteiger partial charge in [0.2, 0.25) is 5.91 Å². The van der Waals surface area contributed by atoms with Crippen LogP contribution in [0.15, 0.2) is 72.9 Å². The van der Waals surface area contributed by atoms with Crippen molar-refractivity contribution in [2.24, 2.45) is 0 Å². The van der Waals surface area contributed by atoms with E-state index in [2.05, 4.69) is 92.1 Å². The number of carbonyl (C=O) groups is 1. The molecule has 1 amide bonds. The average molecular weight is 1490 g/mol. The number of aliphatic hydroxyl groups is 11. The Labute approximate surface area is 636 Å². The van der Waals surface area contributed by atoms with E-state index in [9.17, 15) is 61.0 Å². The van der Waals surface area contributed by atoms with Crippen LogP contribution in [0.2, 0.25) is 0 Å². The van der Waals surface area contributed by atoms with Crippen LogP contribution in [-0.2, 0) is 33.2 Å². The van der Waals surface area contributed by atoms with E-state index in [1.807, 2.05) is 0 Å². The molecule has 0 aromatic heterocycles. The van der Waals surface area contributed by atoms with Crippen molar-refractivity contribution in [3.05, 3.63) is 72.9 Å². The monoisotopic (exact) mass is 1490 g/mol. The van der Waals surface area contributed by atoms with Crippen LogP contribution in [-0.4, -0.2) is 193 Å². The summed E-state index contributed by atoms with van der Waals surface area (Å²) in [4.78, 5) is 13.5. The molecule has 3 saturated heterocycles. The van der Waals surface area contributed by atoms with Gasteiger partial charge in [0.15, 0.2) is 18.9 Å². The molecule has 19 nitrogen and oxygen atoms in total. The van der Waals surface area contributed by atoms with Crippen molar-refractivity contribution in [2.45, 2.75) is 439 Å². The fourth-order valence-corrected chi connectivity index (χ4v) is 14.3. The molecular weight excluding hydrogens is 1330 g/mol. The average Bonchev–Trinajstić information content (AvgIpc) is 0.779. The number of nitrogens with one attached hydrogen (secondary N) is 1. The first-order valence-electron chi connectivity index (χ1n) is 42.7.